The van der Waals surface area contributed by atoms with Crippen LogP contribution in [-0.4, -0.2) is 49.4 Å². The normalized spacial score (nSPS) is 27.0. The lowest BCUT2D eigenvalue weighted by atomic mass is 9.96. The molecule has 1 aromatic rings. The first kappa shape index (κ1) is 14.6. The molecule has 5 heteroatoms. The van der Waals surface area contributed by atoms with Crippen molar-refractivity contribution in [1.29, 1.82) is 0 Å². The van der Waals surface area contributed by atoms with Gasteiger partial charge in [0, 0.05) is 39.4 Å². The van der Waals surface area contributed by atoms with E-state index in [-0.39, 0.29) is 0 Å². The number of methoxy groups -OCH3 is 1. The van der Waals surface area contributed by atoms with Crippen LogP contribution >= 0.6 is 0 Å². The number of aromatic nitrogens is 2. The summed E-state index contributed by atoms with van der Waals surface area (Å²) in [5, 5.41) is 0. The maximum Gasteiger partial charge on any atom is 0.134 e. The summed E-state index contributed by atoms with van der Waals surface area (Å²) in [6.45, 7) is 6.48. The Labute approximate surface area is 127 Å². The van der Waals surface area contributed by atoms with Gasteiger partial charge in [0.05, 0.1) is 6.10 Å². The van der Waals surface area contributed by atoms with Gasteiger partial charge in [0.1, 0.15) is 18.0 Å². The summed E-state index contributed by atoms with van der Waals surface area (Å²) in [6, 6.07) is 2.15. The molecule has 2 unspecified atom stereocenters. The molecule has 2 fully saturated rings. The van der Waals surface area contributed by atoms with E-state index in [2.05, 4.69) is 32.8 Å². The van der Waals surface area contributed by atoms with Crippen LogP contribution in [0.3, 0.4) is 0 Å². The second kappa shape index (κ2) is 6.60. The van der Waals surface area contributed by atoms with Crippen molar-refractivity contribution in [1.82, 2.24) is 9.97 Å². The lowest BCUT2D eigenvalue weighted by molar-refractivity contribution is 0.0496. The third-order valence-electron chi connectivity index (χ3n) is 4.83. The molecule has 0 N–H and O–H groups in total. The molecule has 0 aromatic carbocycles. The minimum absolute atomic E-state index is 0.298. The molecule has 0 spiro atoms. The second-order valence-electron chi connectivity index (χ2n) is 6.27. The van der Waals surface area contributed by atoms with E-state index in [4.69, 9.17) is 4.74 Å². The fraction of sp³-hybridized carbons (Fsp3) is 0.750. The van der Waals surface area contributed by atoms with Crippen LogP contribution in [0.2, 0.25) is 0 Å². The molecular formula is C16H26N4O. The monoisotopic (exact) mass is 290 g/mol. The minimum atomic E-state index is 0.298. The Balaban J connectivity index is 1.73. The summed E-state index contributed by atoms with van der Waals surface area (Å²) in [4.78, 5) is 13.7. The molecule has 2 aliphatic heterocycles. The molecule has 0 bridgehead atoms. The zero-order chi connectivity index (χ0) is 14.7. The Morgan fingerprint density at radius 1 is 1.05 bits per heavy atom. The van der Waals surface area contributed by atoms with Crippen molar-refractivity contribution < 1.29 is 4.74 Å². The topological polar surface area (TPSA) is 41.5 Å². The van der Waals surface area contributed by atoms with Crippen LogP contribution in [0, 0.1) is 5.92 Å². The molecule has 21 heavy (non-hydrogen) atoms. The molecule has 1 aromatic heterocycles. The highest BCUT2D eigenvalue weighted by molar-refractivity contribution is 5.50. The van der Waals surface area contributed by atoms with Crippen molar-refractivity contribution in [2.75, 3.05) is 43.1 Å². The first-order valence-electron chi connectivity index (χ1n) is 8.12. The van der Waals surface area contributed by atoms with Crippen molar-refractivity contribution in [3.63, 3.8) is 0 Å². The average molecular weight is 290 g/mol. The Morgan fingerprint density at radius 3 is 2.48 bits per heavy atom. The first-order valence-corrected chi connectivity index (χ1v) is 8.12. The number of hydrogen-bond acceptors (Lipinski definition) is 5. The molecule has 5 nitrogen and oxygen atoms in total. The number of ether oxygens (including phenoxy) is 1. The zero-order valence-electron chi connectivity index (χ0n) is 13.2. The summed E-state index contributed by atoms with van der Waals surface area (Å²) in [5.41, 5.74) is 0. The molecule has 2 atom stereocenters. The summed E-state index contributed by atoms with van der Waals surface area (Å²) in [6.07, 6.45) is 7.04. The molecule has 0 amide bonds. The number of hydrogen-bond donors (Lipinski definition) is 0. The highest BCUT2D eigenvalue weighted by Crippen LogP contribution is 2.26. The SMILES string of the molecule is COC1CN(c2cc(N3CCCCC3)ncn2)CCC1C. The van der Waals surface area contributed by atoms with Crippen LogP contribution in [0.15, 0.2) is 12.4 Å². The van der Waals surface area contributed by atoms with Crippen LogP contribution < -0.4 is 9.80 Å². The molecular weight excluding hydrogens is 264 g/mol. The molecule has 3 heterocycles. The van der Waals surface area contributed by atoms with E-state index < -0.39 is 0 Å². The summed E-state index contributed by atoms with van der Waals surface area (Å²) in [5.74, 6) is 2.74. The number of rotatable bonds is 3. The highest BCUT2D eigenvalue weighted by Gasteiger charge is 2.27. The van der Waals surface area contributed by atoms with Gasteiger partial charge in [0.25, 0.3) is 0 Å². The first-order chi connectivity index (χ1) is 10.3. The van der Waals surface area contributed by atoms with E-state index in [1.807, 2.05) is 7.11 Å². The van der Waals surface area contributed by atoms with Crippen molar-refractivity contribution in [3.8, 4) is 0 Å². The largest absolute Gasteiger partial charge is 0.379 e. The Bertz CT molecular complexity index is 461. The quantitative estimate of drug-likeness (QED) is 0.854. The van der Waals surface area contributed by atoms with Crippen molar-refractivity contribution >= 4 is 11.6 Å². The highest BCUT2D eigenvalue weighted by atomic mass is 16.5. The molecule has 2 saturated heterocycles. The van der Waals surface area contributed by atoms with E-state index in [0.29, 0.717) is 12.0 Å². The smallest absolute Gasteiger partial charge is 0.134 e. The van der Waals surface area contributed by atoms with Crippen molar-refractivity contribution in [3.05, 3.63) is 12.4 Å². The fourth-order valence-corrected chi connectivity index (χ4v) is 3.35. The zero-order valence-corrected chi connectivity index (χ0v) is 13.2. The van der Waals surface area contributed by atoms with E-state index in [1.165, 1.54) is 19.3 Å². The van der Waals surface area contributed by atoms with Gasteiger partial charge in [0.2, 0.25) is 0 Å². The lowest BCUT2D eigenvalue weighted by Crippen LogP contribution is -2.44. The Kier molecular flexibility index (Phi) is 4.58. The molecule has 3 rings (SSSR count). The summed E-state index contributed by atoms with van der Waals surface area (Å²) >= 11 is 0. The minimum Gasteiger partial charge on any atom is -0.379 e. The van der Waals surface area contributed by atoms with Crippen LogP contribution in [0.25, 0.3) is 0 Å². The summed E-state index contributed by atoms with van der Waals surface area (Å²) < 4.78 is 5.61. The van der Waals surface area contributed by atoms with E-state index >= 15 is 0 Å². The van der Waals surface area contributed by atoms with E-state index in [9.17, 15) is 0 Å². The molecule has 116 valence electrons. The van der Waals surface area contributed by atoms with Gasteiger partial charge in [-0.3, -0.25) is 0 Å². The fourth-order valence-electron chi connectivity index (χ4n) is 3.35. The second-order valence-corrected chi connectivity index (χ2v) is 6.27. The number of piperidine rings is 2. The van der Waals surface area contributed by atoms with Crippen LogP contribution in [0.5, 0.6) is 0 Å². The molecule has 0 saturated carbocycles. The Hall–Kier alpha value is -1.36. The van der Waals surface area contributed by atoms with Gasteiger partial charge in [-0.25, -0.2) is 9.97 Å². The third kappa shape index (κ3) is 3.28. The summed E-state index contributed by atoms with van der Waals surface area (Å²) in [7, 11) is 1.81. The average Bonchev–Trinajstić information content (AvgIpc) is 2.56. The van der Waals surface area contributed by atoms with Crippen LogP contribution in [0.4, 0.5) is 11.6 Å². The number of anilines is 2. The maximum absolute atomic E-state index is 5.61. The molecule has 0 radical (unpaired) electrons. The molecule has 0 aliphatic carbocycles. The van der Waals surface area contributed by atoms with Gasteiger partial charge < -0.3 is 14.5 Å². The van der Waals surface area contributed by atoms with Gasteiger partial charge >= 0.3 is 0 Å². The van der Waals surface area contributed by atoms with E-state index in [1.54, 1.807) is 6.33 Å². The third-order valence-corrected chi connectivity index (χ3v) is 4.83. The lowest BCUT2D eigenvalue weighted by Gasteiger charge is -2.37. The van der Waals surface area contributed by atoms with E-state index in [0.717, 1.165) is 44.2 Å². The van der Waals surface area contributed by atoms with Gasteiger partial charge in [0.15, 0.2) is 0 Å². The van der Waals surface area contributed by atoms with Gasteiger partial charge in [-0.1, -0.05) is 6.92 Å². The van der Waals surface area contributed by atoms with Crippen LogP contribution in [-0.2, 0) is 4.74 Å². The number of nitrogens with zero attached hydrogens (tertiary/aromatic N) is 4. The Morgan fingerprint density at radius 2 is 1.76 bits per heavy atom. The van der Waals surface area contributed by atoms with Crippen LogP contribution in [0.1, 0.15) is 32.6 Å². The maximum atomic E-state index is 5.61. The standard InChI is InChI=1S/C16H26N4O/c1-13-6-9-20(11-14(13)21-2)16-10-15(17-12-18-16)19-7-4-3-5-8-19/h10,12-14H,3-9,11H2,1-2H3. The van der Waals surface area contributed by atoms with Crippen molar-refractivity contribution in [2.45, 2.75) is 38.7 Å². The predicted molar refractivity (Wildman–Crippen MR) is 84.9 cm³/mol. The van der Waals surface area contributed by atoms with Gasteiger partial charge in [-0.15, -0.1) is 0 Å². The predicted octanol–water partition coefficient (Wildman–Crippen LogP) is 2.33. The van der Waals surface area contributed by atoms with Crippen molar-refractivity contribution in [2.24, 2.45) is 5.92 Å². The van der Waals surface area contributed by atoms with Gasteiger partial charge in [-0.2, -0.15) is 0 Å². The molecule has 2 aliphatic rings. The van der Waals surface area contributed by atoms with Gasteiger partial charge in [-0.05, 0) is 31.6 Å².